The van der Waals surface area contributed by atoms with E-state index in [0.717, 1.165) is 6.42 Å². The number of thiophene rings is 1. The van der Waals surface area contributed by atoms with Crippen LogP contribution in [0.15, 0.2) is 44.8 Å². The van der Waals surface area contributed by atoms with Gasteiger partial charge in [-0.2, -0.15) is 0 Å². The first-order valence-corrected chi connectivity index (χ1v) is 8.00. The van der Waals surface area contributed by atoms with Gasteiger partial charge in [-0.05, 0) is 42.5 Å². The molecule has 6 heteroatoms. The molecule has 5 nitrogen and oxygen atoms in total. The van der Waals surface area contributed by atoms with Gasteiger partial charge in [0.15, 0.2) is 11.5 Å². The minimum absolute atomic E-state index is 0.0614. The lowest BCUT2D eigenvalue weighted by Gasteiger charge is -2.33. The topological polar surface area (TPSA) is 59.5 Å². The van der Waals surface area contributed by atoms with E-state index in [1.807, 2.05) is 4.90 Å². The summed E-state index contributed by atoms with van der Waals surface area (Å²) in [5, 5.41) is 5.99. The zero-order valence-electron chi connectivity index (χ0n) is 12.0. The van der Waals surface area contributed by atoms with Crippen LogP contribution in [0.25, 0.3) is 11.5 Å². The van der Waals surface area contributed by atoms with E-state index in [0.29, 0.717) is 23.8 Å². The molecule has 1 unspecified atom stereocenters. The summed E-state index contributed by atoms with van der Waals surface area (Å²) in [4.78, 5) is 15.9. The maximum atomic E-state index is 12.7. The van der Waals surface area contributed by atoms with Crippen molar-refractivity contribution in [3.05, 3.63) is 52.0 Å². The lowest BCUT2D eigenvalue weighted by atomic mass is 10.0. The number of hydrogen-bond acceptors (Lipinski definition) is 5. The highest BCUT2D eigenvalue weighted by atomic mass is 32.1. The lowest BCUT2D eigenvalue weighted by Crippen LogP contribution is -2.38. The minimum atomic E-state index is -0.106. The molecule has 0 aliphatic carbocycles. The number of fused-ring (bicyclic) bond motifs is 1. The SMILES string of the molecule is CC1c2ccsc2CCN1C(=O)c1cc(-c2ccco2)on1. The van der Waals surface area contributed by atoms with Gasteiger partial charge in [0.1, 0.15) is 0 Å². The van der Waals surface area contributed by atoms with Gasteiger partial charge in [0, 0.05) is 17.5 Å². The van der Waals surface area contributed by atoms with Crippen molar-refractivity contribution in [2.24, 2.45) is 0 Å². The van der Waals surface area contributed by atoms with Crippen molar-refractivity contribution in [2.45, 2.75) is 19.4 Å². The molecule has 1 amide bonds. The van der Waals surface area contributed by atoms with Crippen LogP contribution in [0.2, 0.25) is 0 Å². The Hall–Kier alpha value is -2.34. The summed E-state index contributed by atoms with van der Waals surface area (Å²) < 4.78 is 10.5. The molecule has 0 saturated heterocycles. The summed E-state index contributed by atoms with van der Waals surface area (Å²) in [5.74, 6) is 0.929. The summed E-state index contributed by atoms with van der Waals surface area (Å²) >= 11 is 1.76. The van der Waals surface area contributed by atoms with Gasteiger partial charge in [0.05, 0.1) is 12.3 Å². The zero-order chi connectivity index (χ0) is 15.1. The van der Waals surface area contributed by atoms with Gasteiger partial charge in [-0.3, -0.25) is 4.79 Å². The van der Waals surface area contributed by atoms with Crippen LogP contribution in [0.3, 0.4) is 0 Å². The second-order valence-electron chi connectivity index (χ2n) is 5.28. The molecular weight excluding hydrogens is 300 g/mol. The summed E-state index contributed by atoms with van der Waals surface area (Å²) in [5.41, 5.74) is 1.55. The third-order valence-corrected chi connectivity index (χ3v) is 5.03. The normalized spacial score (nSPS) is 17.5. The monoisotopic (exact) mass is 314 g/mol. The molecule has 3 aromatic rings. The Morgan fingerprint density at radius 3 is 3.14 bits per heavy atom. The number of rotatable bonds is 2. The van der Waals surface area contributed by atoms with Crippen molar-refractivity contribution < 1.29 is 13.7 Å². The van der Waals surface area contributed by atoms with E-state index in [-0.39, 0.29) is 11.9 Å². The van der Waals surface area contributed by atoms with Gasteiger partial charge >= 0.3 is 0 Å². The van der Waals surface area contributed by atoms with Crippen LogP contribution in [-0.2, 0) is 6.42 Å². The number of amides is 1. The molecule has 0 aromatic carbocycles. The van der Waals surface area contributed by atoms with E-state index in [4.69, 9.17) is 8.94 Å². The van der Waals surface area contributed by atoms with Crippen molar-refractivity contribution >= 4 is 17.2 Å². The van der Waals surface area contributed by atoms with Gasteiger partial charge in [-0.1, -0.05) is 5.16 Å². The van der Waals surface area contributed by atoms with E-state index in [2.05, 4.69) is 23.5 Å². The number of carbonyl (C=O) groups is 1. The van der Waals surface area contributed by atoms with Crippen molar-refractivity contribution in [1.29, 1.82) is 0 Å². The Morgan fingerprint density at radius 1 is 1.41 bits per heavy atom. The van der Waals surface area contributed by atoms with E-state index in [1.165, 1.54) is 10.4 Å². The van der Waals surface area contributed by atoms with E-state index in [1.54, 1.807) is 35.8 Å². The fourth-order valence-electron chi connectivity index (χ4n) is 2.84. The van der Waals surface area contributed by atoms with Crippen molar-refractivity contribution in [3.8, 4) is 11.5 Å². The minimum Gasteiger partial charge on any atom is -0.461 e. The second-order valence-corrected chi connectivity index (χ2v) is 6.28. The van der Waals surface area contributed by atoms with Crippen LogP contribution in [-0.4, -0.2) is 22.5 Å². The molecule has 112 valence electrons. The molecular formula is C16H14N2O3S. The third-order valence-electron chi connectivity index (χ3n) is 4.03. The average Bonchev–Trinajstić information content (AvgIpc) is 3.26. The molecule has 0 radical (unpaired) electrons. The third kappa shape index (κ3) is 2.07. The van der Waals surface area contributed by atoms with E-state index < -0.39 is 0 Å². The quantitative estimate of drug-likeness (QED) is 0.722. The van der Waals surface area contributed by atoms with Crippen molar-refractivity contribution in [1.82, 2.24) is 10.1 Å². The van der Waals surface area contributed by atoms with Gasteiger partial charge in [0.25, 0.3) is 5.91 Å². The smallest absolute Gasteiger partial charge is 0.276 e. The summed E-state index contributed by atoms with van der Waals surface area (Å²) in [6.45, 7) is 2.76. The van der Waals surface area contributed by atoms with E-state index in [9.17, 15) is 4.79 Å². The highest BCUT2D eigenvalue weighted by Gasteiger charge is 2.30. The molecule has 1 aliphatic heterocycles. The predicted molar refractivity (Wildman–Crippen MR) is 81.7 cm³/mol. The van der Waals surface area contributed by atoms with Crippen LogP contribution in [0.5, 0.6) is 0 Å². The first kappa shape index (κ1) is 13.3. The molecule has 22 heavy (non-hydrogen) atoms. The van der Waals surface area contributed by atoms with Crippen LogP contribution in [0.1, 0.15) is 33.9 Å². The molecule has 4 heterocycles. The predicted octanol–water partition coefficient (Wildman–Crippen LogP) is 3.76. The Kier molecular flexibility index (Phi) is 3.11. The number of furan rings is 1. The van der Waals surface area contributed by atoms with Crippen LogP contribution in [0.4, 0.5) is 0 Å². The van der Waals surface area contributed by atoms with Gasteiger partial charge in [-0.25, -0.2) is 0 Å². The Labute approximate surface area is 131 Å². The molecule has 1 aliphatic rings. The van der Waals surface area contributed by atoms with Crippen molar-refractivity contribution in [2.75, 3.05) is 6.54 Å². The largest absolute Gasteiger partial charge is 0.461 e. The van der Waals surface area contributed by atoms with Gasteiger partial charge in [-0.15, -0.1) is 11.3 Å². The molecule has 0 spiro atoms. The number of hydrogen-bond donors (Lipinski definition) is 0. The summed E-state index contributed by atoms with van der Waals surface area (Å²) in [6, 6.07) is 7.34. The zero-order valence-corrected chi connectivity index (χ0v) is 12.8. The molecule has 1 atom stereocenters. The Morgan fingerprint density at radius 2 is 2.32 bits per heavy atom. The second kappa shape index (κ2) is 5.14. The molecule has 0 saturated carbocycles. The average molecular weight is 314 g/mol. The maximum absolute atomic E-state index is 12.7. The highest BCUT2D eigenvalue weighted by Crippen LogP contribution is 2.33. The first-order chi connectivity index (χ1) is 10.7. The number of nitrogens with zero attached hydrogens (tertiary/aromatic N) is 2. The number of aromatic nitrogens is 1. The van der Waals surface area contributed by atoms with Crippen LogP contribution in [0, 0.1) is 0 Å². The summed E-state index contributed by atoms with van der Waals surface area (Å²) in [7, 11) is 0. The fraction of sp³-hybridized carbons (Fsp3) is 0.250. The molecule has 0 bridgehead atoms. The molecule has 4 rings (SSSR count). The van der Waals surface area contributed by atoms with Crippen LogP contribution >= 0.6 is 11.3 Å². The maximum Gasteiger partial charge on any atom is 0.276 e. The lowest BCUT2D eigenvalue weighted by molar-refractivity contribution is 0.0669. The number of carbonyl (C=O) groups excluding carboxylic acids is 1. The van der Waals surface area contributed by atoms with E-state index >= 15 is 0 Å². The summed E-state index contributed by atoms with van der Waals surface area (Å²) in [6.07, 6.45) is 2.45. The molecule has 3 aromatic heterocycles. The molecule has 0 N–H and O–H groups in total. The standard InChI is InChI=1S/C16H14N2O3S/c1-10-11-5-8-22-15(11)4-6-18(10)16(19)12-9-14(21-17-12)13-3-2-7-20-13/h2-3,5,7-10H,4,6H2,1H3. The van der Waals surface area contributed by atoms with Gasteiger partial charge < -0.3 is 13.8 Å². The molecule has 0 fully saturated rings. The Bertz CT molecular complexity index is 803. The Balaban J connectivity index is 1.60. The van der Waals surface area contributed by atoms with Gasteiger partial charge in [0.2, 0.25) is 5.76 Å². The first-order valence-electron chi connectivity index (χ1n) is 7.12. The van der Waals surface area contributed by atoms with Crippen molar-refractivity contribution in [3.63, 3.8) is 0 Å². The highest BCUT2D eigenvalue weighted by molar-refractivity contribution is 7.10. The van der Waals surface area contributed by atoms with Crippen LogP contribution < -0.4 is 0 Å². The fourth-order valence-corrected chi connectivity index (χ4v) is 3.81.